The van der Waals surface area contributed by atoms with E-state index in [1.54, 1.807) is 12.1 Å². The number of carbonyl (C=O) groups is 2. The van der Waals surface area contributed by atoms with Crippen LogP contribution in [0.3, 0.4) is 0 Å². The van der Waals surface area contributed by atoms with Gasteiger partial charge in [0.1, 0.15) is 0 Å². The van der Waals surface area contributed by atoms with E-state index in [4.69, 9.17) is 9.15 Å². The number of hydrogen-bond donors (Lipinski definition) is 2. The van der Waals surface area contributed by atoms with Gasteiger partial charge in [-0.3, -0.25) is 9.59 Å². The summed E-state index contributed by atoms with van der Waals surface area (Å²) in [6.45, 7) is 1.61. The Labute approximate surface area is 111 Å². The highest BCUT2D eigenvalue weighted by Crippen LogP contribution is 2.10. The number of amides is 2. The van der Waals surface area contributed by atoms with Crippen LogP contribution in [-0.4, -0.2) is 37.6 Å². The first-order chi connectivity index (χ1) is 9.25. The summed E-state index contributed by atoms with van der Waals surface area (Å²) in [6.07, 6.45) is 3.87. The lowest BCUT2D eigenvalue weighted by molar-refractivity contribution is -0.121. The SMILES string of the molecule is O=C(CCNC(=O)c1ccco1)NC[C@@H]1CCCO1. The highest BCUT2D eigenvalue weighted by atomic mass is 16.5. The smallest absolute Gasteiger partial charge is 0.286 e. The second-order valence-electron chi connectivity index (χ2n) is 4.42. The van der Waals surface area contributed by atoms with Crippen LogP contribution in [0.5, 0.6) is 0 Å². The Hall–Kier alpha value is -1.82. The molecule has 0 aliphatic carbocycles. The second-order valence-corrected chi connectivity index (χ2v) is 4.42. The van der Waals surface area contributed by atoms with Gasteiger partial charge in [-0.2, -0.15) is 0 Å². The van der Waals surface area contributed by atoms with Crippen molar-refractivity contribution in [2.75, 3.05) is 19.7 Å². The molecule has 1 atom stereocenters. The van der Waals surface area contributed by atoms with Crippen LogP contribution in [0.15, 0.2) is 22.8 Å². The Balaban J connectivity index is 1.57. The molecule has 0 bridgehead atoms. The molecule has 6 heteroatoms. The zero-order chi connectivity index (χ0) is 13.5. The maximum absolute atomic E-state index is 11.5. The van der Waals surface area contributed by atoms with E-state index in [1.807, 2.05) is 0 Å². The number of rotatable bonds is 6. The summed E-state index contributed by atoms with van der Waals surface area (Å²) >= 11 is 0. The van der Waals surface area contributed by atoms with Gasteiger partial charge in [0.2, 0.25) is 5.91 Å². The summed E-state index contributed by atoms with van der Waals surface area (Å²) in [7, 11) is 0. The minimum Gasteiger partial charge on any atom is -0.459 e. The van der Waals surface area contributed by atoms with Crippen molar-refractivity contribution in [1.29, 1.82) is 0 Å². The minimum absolute atomic E-state index is 0.0877. The van der Waals surface area contributed by atoms with E-state index in [1.165, 1.54) is 6.26 Å². The van der Waals surface area contributed by atoms with E-state index >= 15 is 0 Å². The third-order valence-electron chi connectivity index (χ3n) is 2.93. The number of hydrogen-bond acceptors (Lipinski definition) is 4. The maximum Gasteiger partial charge on any atom is 0.286 e. The summed E-state index contributed by atoms with van der Waals surface area (Å²) in [4.78, 5) is 23.0. The van der Waals surface area contributed by atoms with Gasteiger partial charge in [-0.15, -0.1) is 0 Å². The fourth-order valence-corrected chi connectivity index (χ4v) is 1.91. The molecule has 0 spiro atoms. The summed E-state index contributed by atoms with van der Waals surface area (Å²) in [5, 5.41) is 5.41. The first kappa shape index (κ1) is 13.6. The van der Waals surface area contributed by atoms with E-state index in [9.17, 15) is 9.59 Å². The molecule has 1 fully saturated rings. The van der Waals surface area contributed by atoms with Gasteiger partial charge >= 0.3 is 0 Å². The molecule has 1 saturated heterocycles. The van der Waals surface area contributed by atoms with Gasteiger partial charge in [0.25, 0.3) is 5.91 Å². The fourth-order valence-electron chi connectivity index (χ4n) is 1.91. The quantitative estimate of drug-likeness (QED) is 0.794. The first-order valence-corrected chi connectivity index (χ1v) is 6.45. The third-order valence-corrected chi connectivity index (χ3v) is 2.93. The third kappa shape index (κ3) is 4.40. The van der Waals surface area contributed by atoms with Gasteiger partial charge in [0.15, 0.2) is 5.76 Å². The van der Waals surface area contributed by atoms with Crippen LogP contribution in [0.4, 0.5) is 0 Å². The van der Waals surface area contributed by atoms with Gasteiger partial charge < -0.3 is 19.8 Å². The van der Waals surface area contributed by atoms with Crippen LogP contribution >= 0.6 is 0 Å². The number of ether oxygens (including phenoxy) is 1. The van der Waals surface area contributed by atoms with Crippen LogP contribution in [0.1, 0.15) is 29.8 Å². The molecule has 104 valence electrons. The van der Waals surface area contributed by atoms with Crippen LogP contribution in [0, 0.1) is 0 Å². The molecular weight excluding hydrogens is 248 g/mol. The van der Waals surface area contributed by atoms with Crippen molar-refractivity contribution in [3.63, 3.8) is 0 Å². The molecule has 6 nitrogen and oxygen atoms in total. The highest BCUT2D eigenvalue weighted by Gasteiger charge is 2.16. The van der Waals surface area contributed by atoms with E-state index in [0.717, 1.165) is 19.4 Å². The van der Waals surface area contributed by atoms with Crippen molar-refractivity contribution < 1.29 is 18.7 Å². The van der Waals surface area contributed by atoms with Crippen LogP contribution in [-0.2, 0) is 9.53 Å². The van der Waals surface area contributed by atoms with E-state index in [-0.39, 0.29) is 36.6 Å². The maximum atomic E-state index is 11.5. The summed E-state index contributed by atoms with van der Waals surface area (Å²) in [6, 6.07) is 3.22. The Bertz CT molecular complexity index is 410. The average molecular weight is 266 g/mol. The van der Waals surface area contributed by atoms with Crippen LogP contribution < -0.4 is 10.6 Å². The lowest BCUT2D eigenvalue weighted by Crippen LogP contribution is -2.34. The standard InChI is InChI=1S/C13H18N2O4/c16-12(15-9-10-3-1-7-18-10)5-6-14-13(17)11-4-2-8-19-11/h2,4,8,10H,1,3,5-7,9H2,(H,14,17)(H,15,16)/t10-/m0/s1. The molecule has 2 N–H and O–H groups in total. The van der Waals surface area contributed by atoms with Crippen LogP contribution in [0.2, 0.25) is 0 Å². The van der Waals surface area contributed by atoms with Gasteiger partial charge in [-0.25, -0.2) is 0 Å². The highest BCUT2D eigenvalue weighted by molar-refractivity contribution is 5.91. The second kappa shape index (κ2) is 6.94. The van der Waals surface area contributed by atoms with Crippen LogP contribution in [0.25, 0.3) is 0 Å². The fraction of sp³-hybridized carbons (Fsp3) is 0.538. The van der Waals surface area contributed by atoms with Crippen molar-refractivity contribution >= 4 is 11.8 Å². The average Bonchev–Trinajstić information content (AvgIpc) is 3.09. The molecule has 2 amide bonds. The molecule has 1 aliphatic heterocycles. The molecule has 1 aromatic rings. The lowest BCUT2D eigenvalue weighted by Gasteiger charge is -2.10. The Morgan fingerprint density at radius 2 is 2.26 bits per heavy atom. The molecule has 19 heavy (non-hydrogen) atoms. The minimum atomic E-state index is -0.308. The lowest BCUT2D eigenvalue weighted by atomic mass is 10.2. The molecule has 2 rings (SSSR count). The molecule has 0 saturated carbocycles. The predicted molar refractivity (Wildman–Crippen MR) is 67.6 cm³/mol. The molecule has 0 unspecified atom stereocenters. The van der Waals surface area contributed by atoms with Crippen molar-refractivity contribution in [3.05, 3.63) is 24.2 Å². The summed E-state index contributed by atoms with van der Waals surface area (Å²) < 4.78 is 10.3. The van der Waals surface area contributed by atoms with Gasteiger partial charge in [-0.05, 0) is 25.0 Å². The predicted octanol–water partition coefficient (Wildman–Crippen LogP) is 0.695. The van der Waals surface area contributed by atoms with E-state index < -0.39 is 0 Å². The Morgan fingerprint density at radius 3 is 2.95 bits per heavy atom. The molecule has 1 aromatic heterocycles. The number of furan rings is 1. The topological polar surface area (TPSA) is 80.6 Å². The largest absolute Gasteiger partial charge is 0.459 e. The summed E-state index contributed by atoms with van der Waals surface area (Å²) in [5.74, 6) is -0.146. The Morgan fingerprint density at radius 1 is 1.37 bits per heavy atom. The van der Waals surface area contributed by atoms with Crippen molar-refractivity contribution in [3.8, 4) is 0 Å². The van der Waals surface area contributed by atoms with Gasteiger partial charge in [0, 0.05) is 26.1 Å². The van der Waals surface area contributed by atoms with Crippen molar-refractivity contribution in [2.45, 2.75) is 25.4 Å². The zero-order valence-corrected chi connectivity index (χ0v) is 10.7. The number of nitrogens with one attached hydrogen (secondary N) is 2. The van der Waals surface area contributed by atoms with E-state index in [0.29, 0.717) is 6.54 Å². The molecule has 0 radical (unpaired) electrons. The van der Waals surface area contributed by atoms with Crippen molar-refractivity contribution in [1.82, 2.24) is 10.6 Å². The first-order valence-electron chi connectivity index (χ1n) is 6.45. The normalized spacial score (nSPS) is 18.2. The molecule has 2 heterocycles. The van der Waals surface area contributed by atoms with E-state index in [2.05, 4.69) is 10.6 Å². The molecule has 1 aliphatic rings. The Kier molecular flexibility index (Phi) is 4.97. The zero-order valence-electron chi connectivity index (χ0n) is 10.7. The summed E-state index contributed by atoms with van der Waals surface area (Å²) in [5.41, 5.74) is 0. The molecular formula is C13H18N2O4. The van der Waals surface area contributed by atoms with Crippen molar-refractivity contribution in [2.24, 2.45) is 0 Å². The van der Waals surface area contributed by atoms with Gasteiger partial charge in [-0.1, -0.05) is 0 Å². The molecule has 0 aromatic carbocycles. The van der Waals surface area contributed by atoms with Gasteiger partial charge in [0.05, 0.1) is 12.4 Å². The number of carbonyl (C=O) groups excluding carboxylic acids is 2. The monoisotopic (exact) mass is 266 g/mol.